The zero-order valence-corrected chi connectivity index (χ0v) is 19.2. The smallest absolute Gasteiger partial charge is 0.307 e. The second-order valence-corrected chi connectivity index (χ2v) is 7.78. The molecule has 2 rings (SSSR count). The zero-order chi connectivity index (χ0) is 22.6. The maximum atomic E-state index is 12.4. The van der Waals surface area contributed by atoms with Crippen molar-refractivity contribution in [3.63, 3.8) is 0 Å². The monoisotopic (exact) mass is 490 g/mol. The molecule has 0 bridgehead atoms. The van der Waals surface area contributed by atoms with Gasteiger partial charge in [0.15, 0.2) is 0 Å². The largest absolute Gasteiger partial charge is 0.494 e. The highest BCUT2D eigenvalue weighted by atomic mass is 79.9. The van der Waals surface area contributed by atoms with Crippen LogP contribution in [0.4, 0.5) is 0 Å². The van der Waals surface area contributed by atoms with E-state index in [0.29, 0.717) is 17.9 Å². The third kappa shape index (κ3) is 8.41. The van der Waals surface area contributed by atoms with Crippen molar-refractivity contribution in [2.45, 2.75) is 32.2 Å². The fraction of sp³-hybridized carbons (Fsp3) is 0.348. The first-order valence-corrected chi connectivity index (χ1v) is 10.8. The Hall–Kier alpha value is -2.87. The van der Waals surface area contributed by atoms with Crippen LogP contribution in [0.3, 0.4) is 0 Å². The van der Waals surface area contributed by atoms with Crippen LogP contribution in [-0.4, -0.2) is 38.0 Å². The van der Waals surface area contributed by atoms with Crippen molar-refractivity contribution in [1.29, 1.82) is 0 Å². The number of carbonyl (C=O) groups excluding carboxylic acids is 3. The number of ether oxygens (including phenoxy) is 2. The summed E-state index contributed by atoms with van der Waals surface area (Å²) in [6.45, 7) is 2.50. The molecule has 1 atom stereocenters. The minimum atomic E-state index is -0.575. The Kier molecular flexibility index (Phi) is 10.0. The van der Waals surface area contributed by atoms with Gasteiger partial charge in [-0.15, -0.1) is 0 Å². The highest BCUT2D eigenvalue weighted by Crippen LogP contribution is 2.21. The molecule has 0 aliphatic rings. The first-order valence-electron chi connectivity index (χ1n) is 10.1. The van der Waals surface area contributed by atoms with Gasteiger partial charge in [-0.3, -0.25) is 14.4 Å². The van der Waals surface area contributed by atoms with E-state index in [-0.39, 0.29) is 18.9 Å². The number of methoxy groups -OCH3 is 1. The van der Waals surface area contributed by atoms with Gasteiger partial charge in [0.25, 0.3) is 5.91 Å². The Balaban J connectivity index is 1.91. The number of hydrogen-bond donors (Lipinski definition) is 2. The molecule has 2 aromatic carbocycles. The lowest BCUT2D eigenvalue weighted by atomic mass is 10.0. The van der Waals surface area contributed by atoms with E-state index < -0.39 is 17.9 Å². The second kappa shape index (κ2) is 12.7. The zero-order valence-electron chi connectivity index (χ0n) is 17.7. The van der Waals surface area contributed by atoms with Crippen LogP contribution in [0.15, 0.2) is 53.0 Å². The first kappa shape index (κ1) is 24.4. The van der Waals surface area contributed by atoms with Gasteiger partial charge in [0.05, 0.1) is 32.7 Å². The molecule has 0 aromatic heterocycles. The number of benzene rings is 2. The van der Waals surface area contributed by atoms with Gasteiger partial charge in [0, 0.05) is 10.0 Å². The number of hydrogen-bond acceptors (Lipinski definition) is 5. The minimum absolute atomic E-state index is 0.0217. The summed E-state index contributed by atoms with van der Waals surface area (Å²) in [5.41, 5.74) is 1.17. The van der Waals surface area contributed by atoms with E-state index in [1.165, 1.54) is 7.11 Å². The summed E-state index contributed by atoms with van der Waals surface area (Å²) in [7, 11) is 1.29. The van der Waals surface area contributed by atoms with E-state index in [2.05, 4.69) is 33.5 Å². The molecule has 166 valence electrons. The van der Waals surface area contributed by atoms with Gasteiger partial charge < -0.3 is 20.1 Å². The standard InChI is InChI=1S/C23H27BrN2O5/c1-3-4-12-31-19-10-8-16(9-11-19)23(29)25-15-21(27)26-20(14-22(28)30-2)17-6-5-7-18(24)13-17/h5-11,13,20H,3-4,12,14-15H2,1-2H3,(H,25,29)(H,26,27). The van der Waals surface area contributed by atoms with Crippen molar-refractivity contribution < 1.29 is 23.9 Å². The normalized spacial score (nSPS) is 11.3. The molecule has 31 heavy (non-hydrogen) atoms. The van der Waals surface area contributed by atoms with Crippen molar-refractivity contribution in [2.24, 2.45) is 0 Å². The molecule has 2 N–H and O–H groups in total. The Labute approximate surface area is 190 Å². The molecule has 2 amide bonds. The van der Waals surface area contributed by atoms with Crippen molar-refractivity contribution in [3.05, 3.63) is 64.1 Å². The van der Waals surface area contributed by atoms with E-state index in [1.807, 2.05) is 18.2 Å². The number of rotatable bonds is 11. The predicted molar refractivity (Wildman–Crippen MR) is 121 cm³/mol. The molecular weight excluding hydrogens is 464 g/mol. The molecule has 0 heterocycles. The summed E-state index contributed by atoms with van der Waals surface area (Å²) >= 11 is 3.38. The van der Waals surface area contributed by atoms with Crippen LogP contribution >= 0.6 is 15.9 Å². The minimum Gasteiger partial charge on any atom is -0.494 e. The van der Waals surface area contributed by atoms with Gasteiger partial charge >= 0.3 is 5.97 Å². The molecule has 1 unspecified atom stereocenters. The van der Waals surface area contributed by atoms with E-state index >= 15 is 0 Å². The summed E-state index contributed by atoms with van der Waals surface area (Å²) in [6, 6.07) is 13.5. The van der Waals surface area contributed by atoms with Crippen LogP contribution in [0.2, 0.25) is 0 Å². The highest BCUT2D eigenvalue weighted by Gasteiger charge is 2.19. The van der Waals surface area contributed by atoms with Crippen LogP contribution in [0.1, 0.15) is 48.1 Å². The third-order valence-electron chi connectivity index (χ3n) is 4.48. The number of halogens is 1. The van der Waals surface area contributed by atoms with Gasteiger partial charge in [0.1, 0.15) is 5.75 Å². The average molecular weight is 491 g/mol. The lowest BCUT2D eigenvalue weighted by Crippen LogP contribution is -2.39. The van der Waals surface area contributed by atoms with E-state index in [4.69, 9.17) is 9.47 Å². The summed E-state index contributed by atoms with van der Waals surface area (Å²) in [4.78, 5) is 36.5. The Morgan fingerprint density at radius 3 is 2.48 bits per heavy atom. The molecule has 0 fully saturated rings. The lowest BCUT2D eigenvalue weighted by Gasteiger charge is -2.19. The predicted octanol–water partition coefficient (Wildman–Crippen LogP) is 3.78. The second-order valence-electron chi connectivity index (χ2n) is 6.86. The van der Waals surface area contributed by atoms with Gasteiger partial charge in [-0.25, -0.2) is 0 Å². The maximum absolute atomic E-state index is 12.4. The summed E-state index contributed by atoms with van der Waals surface area (Å²) in [5.74, 6) is -0.540. The summed E-state index contributed by atoms with van der Waals surface area (Å²) in [5, 5.41) is 5.36. The van der Waals surface area contributed by atoms with E-state index in [1.54, 1.807) is 30.3 Å². The molecule has 2 aromatic rings. The van der Waals surface area contributed by atoms with Gasteiger partial charge in [-0.05, 0) is 48.4 Å². The van der Waals surface area contributed by atoms with Crippen LogP contribution in [-0.2, 0) is 14.3 Å². The Bertz CT molecular complexity index is 886. The molecule has 0 aliphatic carbocycles. The van der Waals surface area contributed by atoms with Gasteiger partial charge in [-0.2, -0.15) is 0 Å². The van der Waals surface area contributed by atoms with E-state index in [9.17, 15) is 14.4 Å². The third-order valence-corrected chi connectivity index (χ3v) is 4.97. The molecule has 7 nitrogen and oxygen atoms in total. The Morgan fingerprint density at radius 2 is 1.84 bits per heavy atom. The van der Waals surface area contributed by atoms with Crippen molar-refractivity contribution >= 4 is 33.7 Å². The number of carbonyl (C=O) groups is 3. The summed E-state index contributed by atoms with van der Waals surface area (Å²) < 4.78 is 11.1. The van der Waals surface area contributed by atoms with Gasteiger partial charge in [-0.1, -0.05) is 41.4 Å². The first-order chi connectivity index (χ1) is 14.9. The average Bonchev–Trinajstić information content (AvgIpc) is 2.77. The maximum Gasteiger partial charge on any atom is 0.307 e. The number of esters is 1. The van der Waals surface area contributed by atoms with Crippen molar-refractivity contribution in [1.82, 2.24) is 10.6 Å². The molecule has 0 spiro atoms. The molecular formula is C23H27BrN2O5. The van der Waals surface area contributed by atoms with Crippen molar-refractivity contribution in [2.75, 3.05) is 20.3 Å². The number of unbranched alkanes of at least 4 members (excludes halogenated alkanes) is 1. The van der Waals surface area contributed by atoms with Crippen LogP contribution < -0.4 is 15.4 Å². The quantitative estimate of drug-likeness (QED) is 0.369. The van der Waals surface area contributed by atoms with Crippen molar-refractivity contribution in [3.8, 4) is 5.75 Å². The lowest BCUT2D eigenvalue weighted by molar-refractivity contribution is -0.141. The van der Waals surface area contributed by atoms with E-state index in [0.717, 1.165) is 22.9 Å². The Morgan fingerprint density at radius 1 is 1.10 bits per heavy atom. The molecule has 0 saturated carbocycles. The molecule has 0 aliphatic heterocycles. The molecule has 0 saturated heterocycles. The molecule has 0 radical (unpaired) electrons. The fourth-order valence-electron chi connectivity index (χ4n) is 2.77. The number of amides is 2. The number of nitrogens with one attached hydrogen (secondary N) is 2. The summed E-state index contributed by atoms with van der Waals surface area (Å²) in [6.07, 6.45) is 1.99. The SMILES string of the molecule is CCCCOc1ccc(C(=O)NCC(=O)NC(CC(=O)OC)c2cccc(Br)c2)cc1. The van der Waals surface area contributed by atoms with Crippen LogP contribution in [0, 0.1) is 0 Å². The van der Waals surface area contributed by atoms with Crippen LogP contribution in [0.5, 0.6) is 5.75 Å². The topological polar surface area (TPSA) is 93.7 Å². The fourth-order valence-corrected chi connectivity index (χ4v) is 3.19. The van der Waals surface area contributed by atoms with Crippen LogP contribution in [0.25, 0.3) is 0 Å². The highest BCUT2D eigenvalue weighted by molar-refractivity contribution is 9.10. The molecule has 8 heteroatoms. The van der Waals surface area contributed by atoms with Gasteiger partial charge in [0.2, 0.25) is 5.91 Å².